The third-order valence-electron chi connectivity index (χ3n) is 5.49. The molecule has 2 N–H and O–H groups in total. The highest BCUT2D eigenvalue weighted by molar-refractivity contribution is 6.76. The molecule has 12 heteroatoms. The lowest BCUT2D eigenvalue weighted by Crippen LogP contribution is -2.45. The van der Waals surface area contributed by atoms with E-state index in [9.17, 15) is 18.0 Å². The van der Waals surface area contributed by atoms with Crippen molar-refractivity contribution in [3.05, 3.63) is 18.5 Å². The third-order valence-corrected chi connectivity index (χ3v) is 7.19. The number of hydrogen-bond donors (Lipinski definition) is 2. The summed E-state index contributed by atoms with van der Waals surface area (Å²) in [6.07, 6.45) is 0.590. The number of likely N-dealkylation sites (tertiary alicyclic amines) is 1. The first kappa shape index (κ1) is 25.4. The van der Waals surface area contributed by atoms with Gasteiger partial charge in [0.1, 0.15) is 12.2 Å². The Balaban J connectivity index is 1.46. The molecule has 1 saturated heterocycles. The smallest absolute Gasteiger partial charge is 0.361 e. The van der Waals surface area contributed by atoms with E-state index in [4.69, 9.17) is 4.74 Å². The standard InChI is InChI=1S/C21H33F3N6O2Si/c1-33(2,3)10-9-32-15-30-8-6-17-19(30)25-12-18(27-17)28-20(31)26-11-16-5-4-7-29(13-16)14-21(22,23)24/h6,8,12,16H,4-5,7,9-11,13-15H2,1-3H3,(H2,26,27,28,31). The summed E-state index contributed by atoms with van der Waals surface area (Å²) in [6.45, 7) is 8.15. The number of carbonyl (C=O) groups excluding carboxylic acids is 1. The van der Waals surface area contributed by atoms with Gasteiger partial charge in [0.2, 0.25) is 0 Å². The van der Waals surface area contributed by atoms with E-state index in [1.807, 2.05) is 16.8 Å². The van der Waals surface area contributed by atoms with Crippen LogP contribution in [0.5, 0.6) is 0 Å². The molecule has 0 bridgehead atoms. The lowest BCUT2D eigenvalue weighted by atomic mass is 9.98. The topological polar surface area (TPSA) is 84.3 Å². The molecule has 1 atom stereocenters. The van der Waals surface area contributed by atoms with Crippen LogP contribution in [0.3, 0.4) is 0 Å². The highest BCUT2D eigenvalue weighted by Crippen LogP contribution is 2.22. The number of piperidine rings is 1. The van der Waals surface area contributed by atoms with Crippen molar-refractivity contribution in [3.63, 3.8) is 0 Å². The number of urea groups is 1. The molecule has 184 valence electrons. The summed E-state index contributed by atoms with van der Waals surface area (Å²) < 4.78 is 45.5. The van der Waals surface area contributed by atoms with E-state index in [1.54, 1.807) is 0 Å². The maximum atomic E-state index is 12.6. The van der Waals surface area contributed by atoms with Crippen molar-refractivity contribution in [2.75, 3.05) is 38.1 Å². The van der Waals surface area contributed by atoms with Gasteiger partial charge in [0.15, 0.2) is 11.5 Å². The van der Waals surface area contributed by atoms with E-state index in [0.29, 0.717) is 56.4 Å². The summed E-state index contributed by atoms with van der Waals surface area (Å²) in [7, 11) is -1.14. The SMILES string of the molecule is C[Si](C)(C)CCOCn1ccc2nc(NC(=O)NCC3CCCN(CC(F)(F)F)C3)cnc21. The quantitative estimate of drug-likeness (QED) is 0.411. The van der Waals surface area contributed by atoms with Crippen LogP contribution in [0.25, 0.3) is 11.2 Å². The number of alkyl halides is 3. The first-order valence-corrected chi connectivity index (χ1v) is 14.9. The fourth-order valence-corrected chi connectivity index (χ4v) is 4.54. The Bertz CT molecular complexity index is 931. The summed E-state index contributed by atoms with van der Waals surface area (Å²) >= 11 is 0. The van der Waals surface area contributed by atoms with Gasteiger partial charge in [-0.1, -0.05) is 19.6 Å². The molecule has 1 fully saturated rings. The van der Waals surface area contributed by atoms with Crippen molar-refractivity contribution in [2.24, 2.45) is 5.92 Å². The zero-order chi connectivity index (χ0) is 24.1. The van der Waals surface area contributed by atoms with Crippen LogP contribution in [-0.4, -0.2) is 72.5 Å². The first-order valence-electron chi connectivity index (χ1n) is 11.2. The van der Waals surface area contributed by atoms with Gasteiger partial charge in [-0.15, -0.1) is 0 Å². The number of nitrogens with one attached hydrogen (secondary N) is 2. The maximum Gasteiger partial charge on any atom is 0.401 e. The van der Waals surface area contributed by atoms with Crippen LogP contribution in [0, 0.1) is 5.92 Å². The highest BCUT2D eigenvalue weighted by Gasteiger charge is 2.33. The van der Waals surface area contributed by atoms with Crippen molar-refractivity contribution in [2.45, 2.75) is 51.4 Å². The number of rotatable bonds is 9. The lowest BCUT2D eigenvalue weighted by Gasteiger charge is -2.33. The van der Waals surface area contributed by atoms with Crippen molar-refractivity contribution < 1.29 is 22.7 Å². The predicted molar refractivity (Wildman–Crippen MR) is 124 cm³/mol. The Morgan fingerprint density at radius 1 is 1.33 bits per heavy atom. The van der Waals surface area contributed by atoms with E-state index in [2.05, 4.69) is 40.2 Å². The monoisotopic (exact) mass is 486 g/mol. The second-order valence-corrected chi connectivity index (χ2v) is 15.4. The van der Waals surface area contributed by atoms with Crippen LogP contribution in [-0.2, 0) is 11.5 Å². The number of halogens is 3. The Morgan fingerprint density at radius 2 is 2.12 bits per heavy atom. The maximum absolute atomic E-state index is 12.6. The fraction of sp³-hybridized carbons (Fsp3) is 0.667. The summed E-state index contributed by atoms with van der Waals surface area (Å²) in [4.78, 5) is 22.5. The van der Waals surface area contributed by atoms with Crippen molar-refractivity contribution in [1.29, 1.82) is 0 Å². The lowest BCUT2D eigenvalue weighted by molar-refractivity contribution is -0.149. The van der Waals surface area contributed by atoms with Gasteiger partial charge in [-0.25, -0.2) is 14.8 Å². The van der Waals surface area contributed by atoms with Crippen molar-refractivity contribution >= 4 is 31.1 Å². The molecule has 3 heterocycles. The summed E-state index contributed by atoms with van der Waals surface area (Å²) in [5.74, 6) is 0.287. The number of carbonyl (C=O) groups is 1. The molecule has 8 nitrogen and oxygen atoms in total. The van der Waals surface area contributed by atoms with Gasteiger partial charge in [0.25, 0.3) is 0 Å². The summed E-state index contributed by atoms with van der Waals surface area (Å²) in [5.41, 5.74) is 1.30. The first-order chi connectivity index (χ1) is 15.5. The minimum absolute atomic E-state index is 0.0182. The second-order valence-electron chi connectivity index (χ2n) is 9.79. The van der Waals surface area contributed by atoms with Gasteiger partial charge in [-0.2, -0.15) is 13.2 Å². The van der Waals surface area contributed by atoms with Crippen LogP contribution in [0.1, 0.15) is 12.8 Å². The molecule has 1 unspecified atom stereocenters. The van der Waals surface area contributed by atoms with Gasteiger partial charge in [0, 0.05) is 34.0 Å². The number of hydrogen-bond acceptors (Lipinski definition) is 5. The molecule has 2 amide bonds. The normalized spacial score (nSPS) is 17.9. The van der Waals surface area contributed by atoms with Crippen LogP contribution in [0.2, 0.25) is 25.7 Å². The molecule has 0 aliphatic carbocycles. The van der Waals surface area contributed by atoms with Crippen LogP contribution in [0.4, 0.5) is 23.8 Å². The van der Waals surface area contributed by atoms with Crippen LogP contribution < -0.4 is 10.6 Å². The van der Waals surface area contributed by atoms with Crippen LogP contribution in [0.15, 0.2) is 18.5 Å². The zero-order valence-electron chi connectivity index (χ0n) is 19.4. The predicted octanol–water partition coefficient (Wildman–Crippen LogP) is 4.14. The Hall–Kier alpha value is -2.18. The molecule has 0 radical (unpaired) electrons. The number of anilines is 1. The molecule has 1 aliphatic rings. The minimum Gasteiger partial charge on any atom is -0.361 e. The third kappa shape index (κ3) is 8.59. The van der Waals surface area contributed by atoms with Gasteiger partial charge in [-0.05, 0) is 37.4 Å². The summed E-state index contributed by atoms with van der Waals surface area (Å²) in [5, 5.41) is 5.38. The molecule has 0 spiro atoms. The van der Waals surface area contributed by atoms with Gasteiger partial charge in [-0.3, -0.25) is 10.2 Å². The molecule has 2 aromatic rings. The number of amides is 2. The van der Waals surface area contributed by atoms with Gasteiger partial charge >= 0.3 is 12.2 Å². The Kier molecular flexibility index (Phi) is 8.35. The average molecular weight is 487 g/mol. The molecule has 0 aromatic carbocycles. The molecule has 0 saturated carbocycles. The minimum atomic E-state index is -4.21. The van der Waals surface area contributed by atoms with E-state index >= 15 is 0 Å². The fourth-order valence-electron chi connectivity index (χ4n) is 3.78. The van der Waals surface area contributed by atoms with E-state index in [-0.39, 0.29) is 5.92 Å². The molecule has 2 aromatic heterocycles. The van der Waals surface area contributed by atoms with E-state index in [0.717, 1.165) is 12.5 Å². The summed E-state index contributed by atoms with van der Waals surface area (Å²) in [6, 6.07) is 2.44. The van der Waals surface area contributed by atoms with Crippen LogP contribution >= 0.6 is 0 Å². The number of nitrogens with zero attached hydrogens (tertiary/aromatic N) is 4. The molecule has 3 rings (SSSR count). The van der Waals surface area contributed by atoms with E-state index < -0.39 is 26.8 Å². The Labute approximate surface area is 192 Å². The molecular formula is C21H33F3N6O2Si. The largest absolute Gasteiger partial charge is 0.401 e. The Morgan fingerprint density at radius 3 is 2.85 bits per heavy atom. The molecule has 1 aliphatic heterocycles. The average Bonchev–Trinajstić information content (AvgIpc) is 3.10. The molecular weight excluding hydrogens is 453 g/mol. The van der Waals surface area contributed by atoms with Gasteiger partial charge < -0.3 is 14.6 Å². The second kappa shape index (κ2) is 10.8. The van der Waals surface area contributed by atoms with Crippen molar-refractivity contribution in [3.8, 4) is 0 Å². The van der Waals surface area contributed by atoms with Gasteiger partial charge in [0.05, 0.1) is 12.7 Å². The number of aromatic nitrogens is 3. The zero-order valence-corrected chi connectivity index (χ0v) is 20.4. The van der Waals surface area contributed by atoms with E-state index in [1.165, 1.54) is 11.1 Å². The number of fused-ring (bicyclic) bond motifs is 1. The number of ether oxygens (including phenoxy) is 1. The molecule has 33 heavy (non-hydrogen) atoms. The highest BCUT2D eigenvalue weighted by atomic mass is 28.3. The van der Waals surface area contributed by atoms with Crippen molar-refractivity contribution in [1.82, 2.24) is 24.8 Å².